The standard InChI is InChI=1S/C26H19BrClNO3/c1-14(2)15-3-5-16(6-4-15)23-22-24(30)20-13-18(28)9-12-21(20)32-25(22)26(31)29(23)19-10-7-17(27)8-11-19/h3-14,23H,1-2H3. The third-order valence-electron chi connectivity index (χ3n) is 5.86. The average Bonchev–Trinajstić information content (AvgIpc) is 3.07. The molecule has 1 aromatic heterocycles. The van der Waals surface area contributed by atoms with Gasteiger partial charge in [-0.3, -0.25) is 14.5 Å². The maximum atomic E-state index is 13.6. The average molecular weight is 509 g/mol. The van der Waals surface area contributed by atoms with Gasteiger partial charge in [-0.2, -0.15) is 0 Å². The van der Waals surface area contributed by atoms with Gasteiger partial charge in [0.25, 0.3) is 5.91 Å². The number of rotatable bonds is 3. The van der Waals surface area contributed by atoms with Crippen molar-refractivity contribution < 1.29 is 9.21 Å². The molecule has 6 heteroatoms. The van der Waals surface area contributed by atoms with E-state index in [9.17, 15) is 9.59 Å². The first-order chi connectivity index (χ1) is 15.3. The molecule has 0 saturated carbocycles. The Morgan fingerprint density at radius 1 is 0.969 bits per heavy atom. The Bertz CT molecular complexity index is 1410. The first kappa shape index (κ1) is 21.0. The Hall–Kier alpha value is -2.89. The van der Waals surface area contributed by atoms with Gasteiger partial charge in [0.15, 0.2) is 5.43 Å². The van der Waals surface area contributed by atoms with Crippen LogP contribution < -0.4 is 10.3 Å². The Morgan fingerprint density at radius 2 is 1.66 bits per heavy atom. The molecule has 0 spiro atoms. The summed E-state index contributed by atoms with van der Waals surface area (Å²) in [6.07, 6.45) is 0. The number of carbonyl (C=O) groups is 1. The zero-order chi connectivity index (χ0) is 22.6. The van der Waals surface area contributed by atoms with E-state index in [-0.39, 0.29) is 17.1 Å². The molecule has 0 aliphatic carbocycles. The molecule has 1 aliphatic heterocycles. The van der Waals surface area contributed by atoms with Gasteiger partial charge in [-0.1, -0.05) is 65.6 Å². The molecule has 32 heavy (non-hydrogen) atoms. The molecule has 160 valence electrons. The van der Waals surface area contributed by atoms with Crippen LogP contribution in [-0.2, 0) is 0 Å². The first-order valence-corrected chi connectivity index (χ1v) is 11.5. The lowest BCUT2D eigenvalue weighted by atomic mass is 9.95. The van der Waals surface area contributed by atoms with E-state index >= 15 is 0 Å². The van der Waals surface area contributed by atoms with Gasteiger partial charge < -0.3 is 4.42 Å². The summed E-state index contributed by atoms with van der Waals surface area (Å²) in [4.78, 5) is 28.8. The summed E-state index contributed by atoms with van der Waals surface area (Å²) in [6, 6.07) is 19.8. The normalized spacial score (nSPS) is 15.6. The van der Waals surface area contributed by atoms with Gasteiger partial charge in [-0.15, -0.1) is 0 Å². The SMILES string of the molecule is CC(C)c1ccc(C2c3c(oc4ccc(Cl)cc4c3=O)C(=O)N2c2ccc(Br)cc2)cc1. The van der Waals surface area contributed by atoms with Gasteiger partial charge in [-0.25, -0.2) is 0 Å². The van der Waals surface area contributed by atoms with Crippen molar-refractivity contribution in [1.29, 1.82) is 0 Å². The molecule has 0 N–H and O–H groups in total. The van der Waals surface area contributed by atoms with Crippen LogP contribution in [-0.4, -0.2) is 5.91 Å². The molecule has 1 unspecified atom stereocenters. The Kier molecular flexibility index (Phi) is 5.19. The van der Waals surface area contributed by atoms with Crippen molar-refractivity contribution >= 4 is 50.1 Å². The predicted molar refractivity (Wildman–Crippen MR) is 131 cm³/mol. The predicted octanol–water partition coefficient (Wildman–Crippen LogP) is 7.08. The third kappa shape index (κ3) is 3.37. The van der Waals surface area contributed by atoms with Crippen molar-refractivity contribution in [1.82, 2.24) is 0 Å². The number of fused-ring (bicyclic) bond motifs is 2. The highest BCUT2D eigenvalue weighted by molar-refractivity contribution is 9.10. The van der Waals surface area contributed by atoms with Crippen molar-refractivity contribution in [2.45, 2.75) is 25.8 Å². The lowest BCUT2D eigenvalue weighted by Crippen LogP contribution is -2.29. The molecule has 3 aromatic carbocycles. The van der Waals surface area contributed by atoms with Crippen LogP contribution in [0.2, 0.25) is 5.02 Å². The van der Waals surface area contributed by atoms with Crippen molar-refractivity contribution in [3.05, 3.63) is 109 Å². The van der Waals surface area contributed by atoms with Crippen LogP contribution >= 0.6 is 27.5 Å². The highest BCUT2D eigenvalue weighted by Crippen LogP contribution is 2.41. The van der Waals surface area contributed by atoms with E-state index in [4.69, 9.17) is 16.0 Å². The van der Waals surface area contributed by atoms with Crippen LogP contribution in [0.25, 0.3) is 11.0 Å². The van der Waals surface area contributed by atoms with E-state index in [1.54, 1.807) is 23.1 Å². The van der Waals surface area contributed by atoms with Gasteiger partial charge in [0.1, 0.15) is 5.58 Å². The Balaban J connectivity index is 1.78. The number of amides is 1. The lowest BCUT2D eigenvalue weighted by molar-refractivity contribution is 0.0971. The van der Waals surface area contributed by atoms with E-state index in [1.807, 2.05) is 48.5 Å². The number of halogens is 2. The number of benzene rings is 3. The second-order valence-corrected chi connectivity index (χ2v) is 9.54. The molecule has 0 saturated heterocycles. The molecular weight excluding hydrogens is 490 g/mol. The van der Waals surface area contributed by atoms with Crippen molar-refractivity contribution in [3.8, 4) is 0 Å². The van der Waals surface area contributed by atoms with Gasteiger partial charge in [0.2, 0.25) is 5.76 Å². The van der Waals surface area contributed by atoms with E-state index in [2.05, 4.69) is 29.8 Å². The van der Waals surface area contributed by atoms with Crippen LogP contribution in [0.5, 0.6) is 0 Å². The van der Waals surface area contributed by atoms with Gasteiger partial charge in [0.05, 0.1) is 17.0 Å². The summed E-state index contributed by atoms with van der Waals surface area (Å²) in [7, 11) is 0. The third-order valence-corrected chi connectivity index (χ3v) is 6.62. The van der Waals surface area contributed by atoms with Crippen LogP contribution in [0.3, 0.4) is 0 Å². The number of nitrogens with zero attached hydrogens (tertiary/aromatic N) is 1. The Labute approximate surface area is 198 Å². The monoisotopic (exact) mass is 507 g/mol. The fraction of sp³-hybridized carbons (Fsp3) is 0.154. The minimum atomic E-state index is -0.598. The Morgan fingerprint density at radius 3 is 2.31 bits per heavy atom. The highest BCUT2D eigenvalue weighted by atomic mass is 79.9. The number of hydrogen-bond acceptors (Lipinski definition) is 3. The summed E-state index contributed by atoms with van der Waals surface area (Å²) < 4.78 is 6.88. The fourth-order valence-corrected chi connectivity index (χ4v) is 4.63. The van der Waals surface area contributed by atoms with E-state index in [0.717, 1.165) is 10.0 Å². The number of anilines is 1. The van der Waals surface area contributed by atoms with Crippen LogP contribution in [0.1, 0.15) is 53.1 Å². The zero-order valence-corrected chi connectivity index (χ0v) is 19.8. The van der Waals surface area contributed by atoms with Crippen molar-refractivity contribution in [2.75, 3.05) is 4.90 Å². The molecule has 1 atom stereocenters. The van der Waals surface area contributed by atoms with Gasteiger partial charge >= 0.3 is 0 Å². The van der Waals surface area contributed by atoms with Crippen LogP contribution in [0.4, 0.5) is 5.69 Å². The quantitative estimate of drug-likeness (QED) is 0.297. The molecule has 1 amide bonds. The second kappa shape index (κ2) is 7.91. The smallest absolute Gasteiger partial charge is 0.295 e. The minimum Gasteiger partial charge on any atom is -0.450 e. The molecule has 1 aliphatic rings. The maximum absolute atomic E-state index is 13.6. The van der Waals surface area contributed by atoms with Crippen LogP contribution in [0, 0.1) is 0 Å². The molecule has 0 bridgehead atoms. The largest absolute Gasteiger partial charge is 0.450 e. The topological polar surface area (TPSA) is 50.5 Å². The van der Waals surface area contributed by atoms with Gasteiger partial charge in [0, 0.05) is 15.2 Å². The van der Waals surface area contributed by atoms with Crippen molar-refractivity contribution in [2.24, 2.45) is 0 Å². The molecular formula is C26H19BrClNO3. The second-order valence-electron chi connectivity index (χ2n) is 8.19. The molecule has 5 rings (SSSR count). The summed E-state index contributed by atoms with van der Waals surface area (Å²) >= 11 is 9.59. The molecule has 4 aromatic rings. The first-order valence-electron chi connectivity index (χ1n) is 10.3. The molecule has 4 nitrogen and oxygen atoms in total. The fourth-order valence-electron chi connectivity index (χ4n) is 4.19. The highest BCUT2D eigenvalue weighted by Gasteiger charge is 2.43. The van der Waals surface area contributed by atoms with Crippen LogP contribution in [0.15, 0.2) is 80.4 Å². The summed E-state index contributed by atoms with van der Waals surface area (Å²) in [5.74, 6) is 0.111. The van der Waals surface area contributed by atoms with E-state index in [0.29, 0.717) is 33.2 Å². The zero-order valence-electron chi connectivity index (χ0n) is 17.4. The number of hydrogen-bond donors (Lipinski definition) is 0. The summed E-state index contributed by atoms with van der Waals surface area (Å²) in [5.41, 5.74) is 3.16. The number of carbonyl (C=O) groups excluding carboxylic acids is 1. The molecule has 2 heterocycles. The summed E-state index contributed by atoms with van der Waals surface area (Å²) in [6.45, 7) is 4.25. The van der Waals surface area contributed by atoms with Gasteiger partial charge in [-0.05, 0) is 59.5 Å². The molecule has 0 radical (unpaired) electrons. The minimum absolute atomic E-state index is 0.0747. The van der Waals surface area contributed by atoms with E-state index < -0.39 is 6.04 Å². The van der Waals surface area contributed by atoms with Crippen molar-refractivity contribution in [3.63, 3.8) is 0 Å². The molecule has 0 fully saturated rings. The summed E-state index contributed by atoms with van der Waals surface area (Å²) in [5, 5.41) is 0.808. The maximum Gasteiger partial charge on any atom is 0.295 e. The van der Waals surface area contributed by atoms with E-state index in [1.165, 1.54) is 5.56 Å². The lowest BCUT2D eigenvalue weighted by Gasteiger charge is -2.25.